The first-order valence-corrected chi connectivity index (χ1v) is 13.1. The Balaban J connectivity index is 1.45. The van der Waals surface area contributed by atoms with Gasteiger partial charge >= 0.3 is 0 Å². The normalized spacial score (nSPS) is 13.8. The van der Waals surface area contributed by atoms with Crippen molar-refractivity contribution in [2.45, 2.75) is 20.4 Å². The Morgan fingerprint density at radius 2 is 1.78 bits per heavy atom. The largest absolute Gasteiger partial charge is 0.378 e. The van der Waals surface area contributed by atoms with Crippen molar-refractivity contribution in [2.24, 2.45) is 5.92 Å². The molecule has 1 saturated heterocycles. The fourth-order valence-electron chi connectivity index (χ4n) is 4.78. The molecule has 6 nitrogen and oxygen atoms in total. The van der Waals surface area contributed by atoms with Crippen LogP contribution in [-0.2, 0) is 11.3 Å². The van der Waals surface area contributed by atoms with Crippen LogP contribution in [0.1, 0.15) is 29.8 Å². The Morgan fingerprint density at radius 1 is 1.00 bits per heavy atom. The molecule has 37 heavy (non-hydrogen) atoms. The zero-order valence-corrected chi connectivity index (χ0v) is 22.0. The van der Waals surface area contributed by atoms with Gasteiger partial charge in [-0.05, 0) is 52.9 Å². The lowest BCUT2D eigenvalue weighted by molar-refractivity contribution is 0.0723. The van der Waals surface area contributed by atoms with E-state index in [1.54, 1.807) is 18.5 Å². The highest BCUT2D eigenvalue weighted by molar-refractivity contribution is 6.33. The highest BCUT2D eigenvalue weighted by atomic mass is 35.5. The number of aromatic nitrogens is 2. The summed E-state index contributed by atoms with van der Waals surface area (Å²) in [5, 5.41) is 1.51. The number of rotatable bonds is 7. The number of fused-ring (bicyclic) bond motifs is 1. The molecule has 1 aromatic heterocycles. The minimum Gasteiger partial charge on any atom is -0.378 e. The third kappa shape index (κ3) is 5.76. The Morgan fingerprint density at radius 3 is 2.57 bits per heavy atom. The first-order valence-electron chi connectivity index (χ1n) is 12.7. The SMILES string of the molecule is CC(C)CN(Cc1cccc(-c2ccc3ncnc(N4CCOCC4)c3c2)c1)C(=O)c1ccccc1Cl. The summed E-state index contributed by atoms with van der Waals surface area (Å²) in [6.45, 7) is 8.42. The summed E-state index contributed by atoms with van der Waals surface area (Å²) in [5.41, 5.74) is 4.70. The van der Waals surface area contributed by atoms with Gasteiger partial charge in [-0.15, -0.1) is 0 Å². The lowest BCUT2D eigenvalue weighted by Crippen LogP contribution is -2.36. The van der Waals surface area contributed by atoms with Crippen LogP contribution in [0.25, 0.3) is 22.0 Å². The Kier molecular flexibility index (Phi) is 7.68. The number of carbonyl (C=O) groups is 1. The highest BCUT2D eigenvalue weighted by Gasteiger charge is 2.20. The molecule has 3 aromatic carbocycles. The van der Waals surface area contributed by atoms with E-state index in [0.29, 0.717) is 42.8 Å². The van der Waals surface area contributed by atoms with Gasteiger partial charge in [0, 0.05) is 31.6 Å². The Hall–Kier alpha value is -3.48. The Bertz CT molecular complexity index is 1400. The maximum Gasteiger partial charge on any atom is 0.255 e. The van der Waals surface area contributed by atoms with Gasteiger partial charge in [0.15, 0.2) is 0 Å². The standard InChI is InChI=1S/C30H31ClN4O2/c1-21(2)18-35(30(36)25-8-3-4-9-27(25)31)19-22-6-5-7-23(16-22)24-10-11-28-26(17-24)29(33-20-32-28)34-12-14-37-15-13-34/h3-11,16-17,20-21H,12-15,18-19H2,1-2H3. The predicted octanol–water partition coefficient (Wildman–Crippen LogP) is 6.09. The lowest BCUT2D eigenvalue weighted by atomic mass is 10.0. The molecule has 0 bridgehead atoms. The lowest BCUT2D eigenvalue weighted by Gasteiger charge is -2.28. The molecule has 5 rings (SSSR count). The van der Waals surface area contributed by atoms with Gasteiger partial charge in [-0.1, -0.05) is 61.8 Å². The fourth-order valence-corrected chi connectivity index (χ4v) is 5.00. The van der Waals surface area contributed by atoms with Crippen molar-refractivity contribution in [3.8, 4) is 11.1 Å². The second-order valence-corrected chi connectivity index (χ2v) is 10.2. The quantitative estimate of drug-likeness (QED) is 0.299. The molecule has 1 aliphatic rings. The number of halogens is 1. The third-order valence-electron chi connectivity index (χ3n) is 6.54. The number of anilines is 1. The number of benzene rings is 3. The van der Waals surface area contributed by atoms with Crippen molar-refractivity contribution < 1.29 is 9.53 Å². The maximum absolute atomic E-state index is 13.4. The van der Waals surface area contributed by atoms with Crippen molar-refractivity contribution >= 4 is 34.2 Å². The first-order chi connectivity index (χ1) is 18.0. The van der Waals surface area contributed by atoms with E-state index >= 15 is 0 Å². The smallest absolute Gasteiger partial charge is 0.255 e. The summed E-state index contributed by atoms with van der Waals surface area (Å²) in [6.07, 6.45) is 1.63. The number of hydrogen-bond donors (Lipinski definition) is 0. The highest BCUT2D eigenvalue weighted by Crippen LogP contribution is 2.30. The first kappa shape index (κ1) is 25.2. The summed E-state index contributed by atoms with van der Waals surface area (Å²) >= 11 is 6.36. The van der Waals surface area contributed by atoms with E-state index in [9.17, 15) is 4.79 Å². The molecular formula is C30H31ClN4O2. The van der Waals surface area contributed by atoms with Gasteiger partial charge in [0.05, 0.1) is 29.3 Å². The number of hydrogen-bond acceptors (Lipinski definition) is 5. The molecule has 190 valence electrons. The van der Waals surface area contributed by atoms with E-state index in [1.807, 2.05) is 23.1 Å². The predicted molar refractivity (Wildman–Crippen MR) is 149 cm³/mol. The molecule has 0 N–H and O–H groups in total. The van der Waals surface area contributed by atoms with E-state index in [0.717, 1.165) is 46.5 Å². The minimum atomic E-state index is -0.0530. The molecule has 0 saturated carbocycles. The van der Waals surface area contributed by atoms with Crippen molar-refractivity contribution in [3.05, 3.63) is 89.2 Å². The summed E-state index contributed by atoms with van der Waals surface area (Å²) < 4.78 is 5.53. The van der Waals surface area contributed by atoms with E-state index in [-0.39, 0.29) is 5.91 Å². The van der Waals surface area contributed by atoms with E-state index in [4.69, 9.17) is 16.3 Å². The number of nitrogens with zero attached hydrogens (tertiary/aromatic N) is 4. The van der Waals surface area contributed by atoms with Gasteiger partial charge in [0.25, 0.3) is 5.91 Å². The fraction of sp³-hybridized carbons (Fsp3) is 0.300. The van der Waals surface area contributed by atoms with Crippen LogP contribution in [0.4, 0.5) is 5.82 Å². The van der Waals surface area contributed by atoms with Gasteiger partial charge in [0.1, 0.15) is 12.1 Å². The molecule has 0 spiro atoms. The van der Waals surface area contributed by atoms with Gasteiger partial charge < -0.3 is 14.5 Å². The third-order valence-corrected chi connectivity index (χ3v) is 6.87. The number of morpholine rings is 1. The van der Waals surface area contributed by atoms with Gasteiger partial charge in [0.2, 0.25) is 0 Å². The van der Waals surface area contributed by atoms with Crippen molar-refractivity contribution in [2.75, 3.05) is 37.7 Å². The van der Waals surface area contributed by atoms with Crippen molar-refractivity contribution in [3.63, 3.8) is 0 Å². The maximum atomic E-state index is 13.4. The van der Waals surface area contributed by atoms with Crippen LogP contribution in [0.5, 0.6) is 0 Å². The Labute approximate surface area is 222 Å². The van der Waals surface area contributed by atoms with Crippen LogP contribution in [0.2, 0.25) is 5.02 Å². The molecule has 0 atom stereocenters. The second-order valence-electron chi connectivity index (χ2n) is 9.79. The molecule has 4 aromatic rings. The van der Waals surface area contributed by atoms with Gasteiger partial charge in [-0.3, -0.25) is 4.79 Å². The van der Waals surface area contributed by atoms with Crippen LogP contribution < -0.4 is 4.90 Å². The molecule has 2 heterocycles. The monoisotopic (exact) mass is 514 g/mol. The van der Waals surface area contributed by atoms with Crippen LogP contribution in [-0.4, -0.2) is 53.6 Å². The van der Waals surface area contributed by atoms with E-state index < -0.39 is 0 Å². The van der Waals surface area contributed by atoms with E-state index in [2.05, 4.69) is 65.1 Å². The van der Waals surface area contributed by atoms with Crippen LogP contribution in [0.3, 0.4) is 0 Å². The van der Waals surface area contributed by atoms with Crippen LogP contribution in [0.15, 0.2) is 73.1 Å². The molecule has 0 radical (unpaired) electrons. The van der Waals surface area contributed by atoms with Crippen LogP contribution >= 0.6 is 11.6 Å². The molecular weight excluding hydrogens is 484 g/mol. The average molecular weight is 515 g/mol. The summed E-state index contributed by atoms with van der Waals surface area (Å²) in [7, 11) is 0. The zero-order valence-electron chi connectivity index (χ0n) is 21.2. The zero-order chi connectivity index (χ0) is 25.8. The number of amides is 1. The minimum absolute atomic E-state index is 0.0530. The van der Waals surface area contributed by atoms with Crippen molar-refractivity contribution in [1.29, 1.82) is 0 Å². The topological polar surface area (TPSA) is 58.6 Å². The molecule has 0 aliphatic carbocycles. The molecule has 1 fully saturated rings. The summed E-state index contributed by atoms with van der Waals surface area (Å²) in [5.74, 6) is 1.22. The average Bonchev–Trinajstić information content (AvgIpc) is 2.92. The molecule has 1 aliphatic heterocycles. The van der Waals surface area contributed by atoms with Crippen LogP contribution in [0, 0.1) is 5.92 Å². The summed E-state index contributed by atoms with van der Waals surface area (Å²) in [6, 6.07) is 21.9. The van der Waals surface area contributed by atoms with Gasteiger partial charge in [-0.25, -0.2) is 9.97 Å². The summed E-state index contributed by atoms with van der Waals surface area (Å²) in [4.78, 5) is 26.7. The van der Waals surface area contributed by atoms with Gasteiger partial charge in [-0.2, -0.15) is 0 Å². The molecule has 1 amide bonds. The number of carbonyl (C=O) groups excluding carboxylic acids is 1. The van der Waals surface area contributed by atoms with Crippen molar-refractivity contribution in [1.82, 2.24) is 14.9 Å². The second kappa shape index (κ2) is 11.3. The molecule has 0 unspecified atom stereocenters. The van der Waals surface area contributed by atoms with E-state index in [1.165, 1.54) is 0 Å². The molecule has 7 heteroatoms. The number of ether oxygens (including phenoxy) is 1.